The molecule has 5 nitrogen and oxygen atoms in total. The largest absolute Gasteiger partial charge is 0.321 e. The molecule has 1 unspecified atom stereocenters. The molecular weight excluding hydrogens is 383 g/mol. The van der Waals surface area contributed by atoms with Gasteiger partial charge in [-0.15, -0.1) is 0 Å². The summed E-state index contributed by atoms with van der Waals surface area (Å²) in [6, 6.07) is 7.62. The van der Waals surface area contributed by atoms with Gasteiger partial charge in [-0.1, -0.05) is 17.7 Å². The van der Waals surface area contributed by atoms with Crippen LogP contribution in [-0.4, -0.2) is 31.4 Å². The number of carbonyl (C=O) groups excluding carboxylic acids is 2. The maximum atomic E-state index is 13.6. The summed E-state index contributed by atoms with van der Waals surface area (Å²) in [6.07, 6.45) is 0. The molecule has 2 rings (SSSR count). The van der Waals surface area contributed by atoms with Crippen molar-refractivity contribution in [3.05, 3.63) is 58.9 Å². The Bertz CT molecular complexity index is 864. The molecule has 2 aromatic rings. The minimum absolute atomic E-state index is 0.192. The molecule has 0 bridgehead atoms. The zero-order valence-electron chi connectivity index (χ0n) is 14.6. The lowest BCUT2D eigenvalue weighted by molar-refractivity contribution is -0.885. The number of hydrogen-bond acceptors (Lipinski definition) is 2. The molecule has 2 atom stereocenters. The van der Waals surface area contributed by atoms with Crippen LogP contribution in [0.15, 0.2) is 36.4 Å². The average molecular weight is 401 g/mol. The van der Waals surface area contributed by atoms with E-state index >= 15 is 0 Å². The summed E-state index contributed by atoms with van der Waals surface area (Å²) < 4.78 is 39.7. The average Bonchev–Trinajstić information content (AvgIpc) is 2.61. The summed E-state index contributed by atoms with van der Waals surface area (Å²) >= 11 is 5.86. The fourth-order valence-corrected chi connectivity index (χ4v) is 2.45. The fourth-order valence-electron chi connectivity index (χ4n) is 2.26. The summed E-state index contributed by atoms with van der Waals surface area (Å²) in [5, 5.41) is 5.32. The van der Waals surface area contributed by atoms with Crippen LogP contribution in [0.4, 0.5) is 24.5 Å². The van der Waals surface area contributed by atoms with Crippen molar-refractivity contribution in [1.82, 2.24) is 0 Å². The standard InChI is InChI=1S/C18H17ClF3N3O2/c1-10(18(27)23-12-5-3-4-11(19)8-12)25(2)9-15(26)24-14-7-6-13(20)16(21)17(14)22/h3-8,10H,9H2,1-2H3,(H,23,27)(H,24,26)/p+1/t10-/m1/s1. The van der Waals surface area contributed by atoms with E-state index in [1.807, 2.05) is 0 Å². The minimum Gasteiger partial charge on any atom is -0.321 e. The highest BCUT2D eigenvalue weighted by Gasteiger charge is 2.25. The topological polar surface area (TPSA) is 62.6 Å². The van der Waals surface area contributed by atoms with Crippen molar-refractivity contribution >= 4 is 34.8 Å². The van der Waals surface area contributed by atoms with Gasteiger partial charge >= 0.3 is 0 Å². The van der Waals surface area contributed by atoms with Crippen LogP contribution in [0.3, 0.4) is 0 Å². The molecule has 2 aromatic carbocycles. The highest BCUT2D eigenvalue weighted by molar-refractivity contribution is 6.30. The molecule has 0 spiro atoms. The molecule has 0 fully saturated rings. The van der Waals surface area contributed by atoms with Gasteiger partial charge in [-0.2, -0.15) is 0 Å². The Kier molecular flexibility index (Phi) is 6.81. The van der Waals surface area contributed by atoms with E-state index in [0.29, 0.717) is 21.7 Å². The molecule has 2 amide bonds. The quantitative estimate of drug-likeness (QED) is 0.651. The van der Waals surface area contributed by atoms with Gasteiger partial charge in [0.25, 0.3) is 11.8 Å². The van der Waals surface area contributed by atoms with Crippen molar-refractivity contribution in [3.63, 3.8) is 0 Å². The van der Waals surface area contributed by atoms with E-state index in [4.69, 9.17) is 11.6 Å². The molecule has 144 valence electrons. The van der Waals surface area contributed by atoms with Gasteiger partial charge in [0.05, 0.1) is 12.7 Å². The van der Waals surface area contributed by atoms with Crippen LogP contribution in [0.5, 0.6) is 0 Å². The first kappa shape index (κ1) is 20.7. The van der Waals surface area contributed by atoms with Crippen molar-refractivity contribution in [3.8, 4) is 0 Å². The normalized spacial score (nSPS) is 13.0. The Morgan fingerprint density at radius 3 is 2.48 bits per heavy atom. The summed E-state index contributed by atoms with van der Waals surface area (Å²) in [6.45, 7) is 1.42. The van der Waals surface area contributed by atoms with E-state index < -0.39 is 35.1 Å². The number of likely N-dealkylation sites (N-methyl/N-ethyl adjacent to an activating group) is 1. The van der Waals surface area contributed by atoms with Gasteiger partial charge < -0.3 is 15.5 Å². The number of hydrogen-bond donors (Lipinski definition) is 3. The zero-order valence-corrected chi connectivity index (χ0v) is 15.3. The van der Waals surface area contributed by atoms with E-state index in [1.54, 1.807) is 38.2 Å². The molecule has 0 radical (unpaired) electrons. The first-order chi connectivity index (χ1) is 12.7. The first-order valence-corrected chi connectivity index (χ1v) is 8.39. The van der Waals surface area contributed by atoms with Crippen LogP contribution in [0.1, 0.15) is 6.92 Å². The maximum Gasteiger partial charge on any atom is 0.282 e. The van der Waals surface area contributed by atoms with E-state index in [9.17, 15) is 22.8 Å². The molecule has 0 saturated heterocycles. The van der Waals surface area contributed by atoms with Crippen molar-refractivity contribution < 1.29 is 27.7 Å². The van der Waals surface area contributed by atoms with Crippen molar-refractivity contribution in [2.45, 2.75) is 13.0 Å². The summed E-state index contributed by atoms with van der Waals surface area (Å²) in [7, 11) is 1.60. The Hall–Kier alpha value is -2.58. The molecule has 0 saturated carbocycles. The molecule has 0 aliphatic carbocycles. The lowest BCUT2D eigenvalue weighted by Gasteiger charge is -2.20. The molecule has 9 heteroatoms. The zero-order chi connectivity index (χ0) is 20.1. The van der Waals surface area contributed by atoms with Crippen LogP contribution in [0.2, 0.25) is 5.02 Å². The summed E-state index contributed by atoms with van der Waals surface area (Å²) in [5.74, 6) is -5.49. The highest BCUT2D eigenvalue weighted by Crippen LogP contribution is 2.19. The second-order valence-corrected chi connectivity index (χ2v) is 6.45. The van der Waals surface area contributed by atoms with Crippen LogP contribution >= 0.6 is 11.6 Å². The predicted molar refractivity (Wildman–Crippen MR) is 96.2 cm³/mol. The second-order valence-electron chi connectivity index (χ2n) is 6.02. The van der Waals surface area contributed by atoms with Gasteiger partial charge in [0, 0.05) is 10.7 Å². The van der Waals surface area contributed by atoms with E-state index in [0.717, 1.165) is 6.07 Å². The Labute approximate surface area is 159 Å². The van der Waals surface area contributed by atoms with Gasteiger partial charge in [0.15, 0.2) is 30.0 Å². The number of rotatable bonds is 6. The third-order valence-electron chi connectivity index (χ3n) is 3.97. The van der Waals surface area contributed by atoms with E-state index in [2.05, 4.69) is 10.6 Å². The molecule has 0 aliphatic heterocycles. The Balaban J connectivity index is 1.95. The molecule has 27 heavy (non-hydrogen) atoms. The predicted octanol–water partition coefficient (Wildman–Crippen LogP) is 2.24. The van der Waals surface area contributed by atoms with Crippen LogP contribution in [-0.2, 0) is 9.59 Å². The third-order valence-corrected chi connectivity index (χ3v) is 4.21. The fraction of sp³-hybridized carbons (Fsp3) is 0.222. The van der Waals surface area contributed by atoms with Gasteiger partial charge in [-0.25, -0.2) is 13.2 Å². The lowest BCUT2D eigenvalue weighted by atomic mass is 10.2. The highest BCUT2D eigenvalue weighted by atomic mass is 35.5. The van der Waals surface area contributed by atoms with E-state index in [1.165, 1.54) is 0 Å². The maximum absolute atomic E-state index is 13.6. The number of anilines is 2. The monoisotopic (exact) mass is 400 g/mol. The first-order valence-electron chi connectivity index (χ1n) is 8.01. The van der Waals surface area contributed by atoms with Gasteiger partial charge in [0.2, 0.25) is 0 Å². The molecule has 0 aliphatic rings. The number of nitrogens with one attached hydrogen (secondary N) is 3. The third kappa shape index (κ3) is 5.45. The molecular formula is C18H18ClF3N3O2+. The Morgan fingerprint density at radius 1 is 1.11 bits per heavy atom. The van der Waals surface area contributed by atoms with Crippen molar-refractivity contribution in [2.75, 3.05) is 24.2 Å². The molecule has 0 aromatic heterocycles. The lowest BCUT2D eigenvalue weighted by Crippen LogP contribution is -3.14. The van der Waals surface area contributed by atoms with Crippen LogP contribution in [0, 0.1) is 17.5 Å². The number of amides is 2. The van der Waals surface area contributed by atoms with Crippen LogP contribution in [0.25, 0.3) is 0 Å². The number of benzene rings is 2. The summed E-state index contributed by atoms with van der Waals surface area (Å²) in [4.78, 5) is 24.8. The summed E-state index contributed by atoms with van der Waals surface area (Å²) in [5.41, 5.74) is 0.0446. The molecule has 0 heterocycles. The second kappa shape index (κ2) is 8.88. The van der Waals surface area contributed by atoms with Crippen LogP contribution < -0.4 is 15.5 Å². The van der Waals surface area contributed by atoms with E-state index in [-0.39, 0.29) is 12.5 Å². The number of quaternary nitrogens is 1. The number of carbonyl (C=O) groups is 2. The smallest absolute Gasteiger partial charge is 0.282 e. The number of halogens is 4. The van der Waals surface area contributed by atoms with Crippen molar-refractivity contribution in [2.24, 2.45) is 0 Å². The molecule has 3 N–H and O–H groups in total. The minimum atomic E-state index is -1.66. The Morgan fingerprint density at radius 2 is 1.81 bits per heavy atom. The SMILES string of the molecule is C[C@H](C(=O)Nc1cccc(Cl)c1)[NH+](C)CC(=O)Nc1ccc(F)c(F)c1F. The van der Waals surface area contributed by atoms with Gasteiger partial charge in [-0.3, -0.25) is 9.59 Å². The van der Waals surface area contributed by atoms with Crippen molar-refractivity contribution in [1.29, 1.82) is 0 Å². The van der Waals surface area contributed by atoms with Gasteiger partial charge in [0.1, 0.15) is 0 Å². The van der Waals surface area contributed by atoms with Gasteiger partial charge in [-0.05, 0) is 37.3 Å².